The van der Waals surface area contributed by atoms with Crippen molar-refractivity contribution in [3.05, 3.63) is 34.9 Å². The van der Waals surface area contributed by atoms with Crippen molar-refractivity contribution in [1.29, 1.82) is 0 Å². The Balaban J connectivity index is -0.000000688. The van der Waals surface area contributed by atoms with Gasteiger partial charge in [0.1, 0.15) is 0 Å². The maximum absolute atomic E-state index is 11.6. The molecule has 0 fully saturated rings. The number of hydrogen-bond acceptors (Lipinski definition) is 7. The minimum absolute atomic E-state index is 0. The lowest BCUT2D eigenvalue weighted by Gasteiger charge is -2.25. The number of carbonyl (C=O) groups is 4. The van der Waals surface area contributed by atoms with Crippen LogP contribution in [0.3, 0.4) is 0 Å². The van der Waals surface area contributed by atoms with E-state index in [1.165, 1.54) is 52.5 Å². The second kappa shape index (κ2) is 22.1. The lowest BCUT2D eigenvalue weighted by atomic mass is 9.94. The van der Waals surface area contributed by atoms with Crippen LogP contribution in [-0.2, 0) is 28.7 Å². The third kappa shape index (κ3) is 20.9. The van der Waals surface area contributed by atoms with Crippen molar-refractivity contribution in [3.63, 3.8) is 0 Å². The minimum Gasteiger partial charge on any atom is -0.451 e. The van der Waals surface area contributed by atoms with E-state index in [0.29, 0.717) is 12.8 Å². The Morgan fingerprint density at radius 3 is 1.49 bits per heavy atom. The van der Waals surface area contributed by atoms with Crippen LogP contribution in [0, 0.1) is 5.92 Å². The number of aliphatic hydroxyl groups excluding tert-OH is 1. The normalized spacial score (nSPS) is 15.7. The molecule has 0 radical (unpaired) electrons. The lowest BCUT2D eigenvalue weighted by Crippen LogP contribution is -2.37. The average molecular weight is 581 g/mol. The van der Waals surface area contributed by atoms with E-state index >= 15 is 0 Å². The molecule has 7 nitrogen and oxygen atoms in total. The molecular weight excluding hydrogens is 520 g/mol. The first-order chi connectivity index (χ1) is 18.4. The molecular formula is C34H60O7. The molecule has 0 aliphatic heterocycles. The first-order valence-corrected chi connectivity index (χ1v) is 14.4. The van der Waals surface area contributed by atoms with Gasteiger partial charge in [-0.2, -0.15) is 0 Å². The Bertz CT molecular complexity index is 912. The summed E-state index contributed by atoms with van der Waals surface area (Å²) in [5, 5.41) is 8.89. The fourth-order valence-electron chi connectivity index (χ4n) is 3.64. The second-order valence-electron chi connectivity index (χ2n) is 11.4. The lowest BCUT2D eigenvalue weighted by molar-refractivity contribution is -0.162. The van der Waals surface area contributed by atoms with Gasteiger partial charge < -0.3 is 14.6 Å². The number of hydrogen-bond donors (Lipinski definition) is 1. The summed E-state index contributed by atoms with van der Waals surface area (Å²) in [5.41, 5.74) is 1.24. The first-order valence-electron chi connectivity index (χ1n) is 14.4. The highest BCUT2D eigenvalue weighted by Crippen LogP contribution is 2.22. The van der Waals surface area contributed by atoms with Crippen molar-refractivity contribution in [2.24, 2.45) is 5.92 Å². The van der Waals surface area contributed by atoms with Crippen LogP contribution < -0.4 is 0 Å². The molecule has 41 heavy (non-hydrogen) atoms. The molecule has 0 saturated carbocycles. The van der Waals surface area contributed by atoms with Gasteiger partial charge in [0.05, 0.1) is 6.61 Å². The summed E-state index contributed by atoms with van der Waals surface area (Å²) in [5.74, 6) is -0.365. The van der Waals surface area contributed by atoms with E-state index < -0.39 is 23.1 Å². The van der Waals surface area contributed by atoms with Crippen molar-refractivity contribution in [1.82, 2.24) is 0 Å². The van der Waals surface area contributed by atoms with Gasteiger partial charge in [0.25, 0.3) is 0 Å². The molecule has 0 rings (SSSR count). The predicted molar refractivity (Wildman–Crippen MR) is 169 cm³/mol. The smallest absolute Gasteiger partial charge is 0.303 e. The van der Waals surface area contributed by atoms with Gasteiger partial charge in [0, 0.05) is 26.7 Å². The molecule has 0 heterocycles. The number of ether oxygens (including phenoxy) is 2. The Morgan fingerprint density at radius 2 is 1.15 bits per heavy atom. The minimum atomic E-state index is -1.08. The summed E-state index contributed by atoms with van der Waals surface area (Å²) in [6, 6.07) is 0. The fourth-order valence-corrected chi connectivity index (χ4v) is 3.64. The van der Waals surface area contributed by atoms with E-state index in [9.17, 15) is 19.2 Å². The van der Waals surface area contributed by atoms with E-state index in [1.807, 2.05) is 32.1 Å². The first kappa shape index (κ1) is 42.9. The van der Waals surface area contributed by atoms with Gasteiger partial charge in [0.15, 0.2) is 22.8 Å². The molecule has 0 aromatic carbocycles. The van der Waals surface area contributed by atoms with Crippen molar-refractivity contribution in [3.8, 4) is 0 Å². The second-order valence-corrected chi connectivity index (χ2v) is 11.4. The molecule has 2 unspecified atom stereocenters. The summed E-state index contributed by atoms with van der Waals surface area (Å²) < 4.78 is 10.3. The molecule has 0 saturated heterocycles. The molecule has 3 atom stereocenters. The van der Waals surface area contributed by atoms with Crippen molar-refractivity contribution in [2.45, 2.75) is 146 Å². The Labute approximate surface area is 250 Å². The number of ketones is 2. The van der Waals surface area contributed by atoms with Crippen LogP contribution in [0.15, 0.2) is 34.9 Å². The van der Waals surface area contributed by atoms with Gasteiger partial charge in [-0.1, -0.05) is 69.1 Å². The summed E-state index contributed by atoms with van der Waals surface area (Å²) in [6.07, 6.45) is 13.2. The molecule has 0 bridgehead atoms. The molecule has 0 aromatic rings. The third-order valence-corrected chi connectivity index (χ3v) is 7.15. The summed E-state index contributed by atoms with van der Waals surface area (Å²) >= 11 is 0. The summed E-state index contributed by atoms with van der Waals surface area (Å²) in [7, 11) is 0. The molecule has 7 heteroatoms. The molecule has 1 N–H and O–H groups in total. The van der Waals surface area contributed by atoms with Crippen LogP contribution in [0.2, 0.25) is 0 Å². The Morgan fingerprint density at radius 1 is 0.732 bits per heavy atom. The van der Waals surface area contributed by atoms with Crippen LogP contribution in [0.5, 0.6) is 0 Å². The zero-order valence-corrected chi connectivity index (χ0v) is 27.1. The standard InChI is InChI=1S/C17H30O3.C16H26O4.CH4/c1-7-13(2)9-8-10-14(3)11-12-17(6,15(4)18)20-16(5)19;1-12(7-6-8-13(2)11-17)9-10-16(5,14(3)18)20-15(4)19;/h11,13H,7-10,12H2,1-6H3;8-9,17H,6-7,10-11H2,1-5H3;1H4/b14-11-;12-9-,13-8+;/t13-,17?;;/m1../s1. The zero-order chi connectivity index (χ0) is 31.5. The highest BCUT2D eigenvalue weighted by Gasteiger charge is 2.32. The number of aliphatic hydroxyl groups is 1. The van der Waals surface area contributed by atoms with Crippen LogP contribution in [0.4, 0.5) is 0 Å². The van der Waals surface area contributed by atoms with Gasteiger partial charge in [-0.3, -0.25) is 19.2 Å². The van der Waals surface area contributed by atoms with Crippen molar-refractivity contribution in [2.75, 3.05) is 6.61 Å². The van der Waals surface area contributed by atoms with E-state index in [4.69, 9.17) is 14.6 Å². The van der Waals surface area contributed by atoms with Crippen molar-refractivity contribution < 1.29 is 33.8 Å². The van der Waals surface area contributed by atoms with Crippen LogP contribution >= 0.6 is 0 Å². The van der Waals surface area contributed by atoms with Gasteiger partial charge in [0.2, 0.25) is 0 Å². The molecule has 0 spiro atoms. The number of esters is 2. The topological polar surface area (TPSA) is 107 Å². The number of Topliss-reactive ketones (excluding diaryl/α,β-unsaturated/α-hetero) is 2. The zero-order valence-electron chi connectivity index (χ0n) is 27.1. The monoisotopic (exact) mass is 580 g/mol. The molecule has 0 aromatic heterocycles. The van der Waals surface area contributed by atoms with Crippen molar-refractivity contribution >= 4 is 23.5 Å². The Kier molecular flexibility index (Phi) is 23.1. The van der Waals surface area contributed by atoms with E-state index in [2.05, 4.69) is 20.8 Å². The molecule has 0 aliphatic carbocycles. The van der Waals surface area contributed by atoms with E-state index in [-0.39, 0.29) is 25.6 Å². The molecule has 238 valence electrons. The quantitative estimate of drug-likeness (QED) is 0.137. The van der Waals surface area contributed by atoms with E-state index in [1.54, 1.807) is 13.8 Å². The maximum Gasteiger partial charge on any atom is 0.303 e. The largest absolute Gasteiger partial charge is 0.451 e. The summed E-state index contributed by atoms with van der Waals surface area (Å²) in [4.78, 5) is 45.4. The van der Waals surface area contributed by atoms with Crippen LogP contribution in [0.25, 0.3) is 0 Å². The highest BCUT2D eigenvalue weighted by molar-refractivity contribution is 5.87. The summed E-state index contributed by atoms with van der Waals surface area (Å²) in [6.45, 7) is 19.4. The van der Waals surface area contributed by atoms with Crippen LogP contribution in [-0.4, -0.2) is 46.4 Å². The Hall–Kier alpha value is -2.54. The SMILES string of the molecule is C.CC(=O)OC(C)(C/C=C(/C)CC/C=C(\C)CO)C(C)=O.CC[C@@H](C)CCC/C(C)=C\CC(C)(OC(C)=O)C(C)=O. The fraction of sp³-hybridized carbons (Fsp3) is 0.706. The van der Waals surface area contributed by atoms with Gasteiger partial charge in [-0.15, -0.1) is 0 Å². The van der Waals surface area contributed by atoms with E-state index in [0.717, 1.165) is 36.3 Å². The average Bonchev–Trinajstić information content (AvgIpc) is 2.85. The molecule has 0 aliphatic rings. The maximum atomic E-state index is 11.6. The van der Waals surface area contributed by atoms with Gasteiger partial charge in [-0.05, 0) is 80.1 Å². The van der Waals surface area contributed by atoms with Gasteiger partial charge in [-0.25, -0.2) is 0 Å². The molecule has 0 amide bonds. The predicted octanol–water partition coefficient (Wildman–Crippen LogP) is 8.04. The number of carbonyl (C=O) groups excluding carboxylic acids is 4. The third-order valence-electron chi connectivity index (χ3n) is 7.15. The van der Waals surface area contributed by atoms with Gasteiger partial charge >= 0.3 is 11.9 Å². The number of rotatable bonds is 17. The number of allylic oxidation sites excluding steroid dienone is 3. The van der Waals surface area contributed by atoms with Crippen LogP contribution in [0.1, 0.15) is 135 Å². The highest BCUT2D eigenvalue weighted by atomic mass is 16.6.